The minimum atomic E-state index is -1.07. The summed E-state index contributed by atoms with van der Waals surface area (Å²) in [4.78, 5) is 32.7. The molecule has 1 aromatic rings. The van der Waals surface area contributed by atoms with E-state index in [1.807, 2.05) is 13.0 Å². The van der Waals surface area contributed by atoms with Crippen molar-refractivity contribution in [2.75, 3.05) is 18.8 Å². The molecule has 8 nitrogen and oxygen atoms in total. The lowest BCUT2D eigenvalue weighted by molar-refractivity contribution is -0.163. The molecule has 2 fully saturated rings. The van der Waals surface area contributed by atoms with Gasteiger partial charge in [-0.25, -0.2) is 9.78 Å². The van der Waals surface area contributed by atoms with Crippen molar-refractivity contribution in [3.8, 4) is 0 Å². The van der Waals surface area contributed by atoms with E-state index in [9.17, 15) is 19.8 Å². The van der Waals surface area contributed by atoms with Gasteiger partial charge in [0.15, 0.2) is 0 Å². The van der Waals surface area contributed by atoms with Gasteiger partial charge in [0, 0.05) is 41.9 Å². The van der Waals surface area contributed by atoms with E-state index < -0.39 is 18.0 Å². The summed E-state index contributed by atoms with van der Waals surface area (Å²) in [5.74, 6) is -1.45. The highest BCUT2D eigenvalue weighted by Gasteiger charge is 2.60. The fourth-order valence-electron chi connectivity index (χ4n) is 4.37. The number of likely N-dealkylation sites (tertiary alicyclic amines) is 1. The molecule has 1 aromatic heterocycles. The van der Waals surface area contributed by atoms with Gasteiger partial charge in [0.2, 0.25) is 5.91 Å². The number of carboxylic acid groups (broad SMARTS) is 1. The molecule has 28 heavy (non-hydrogen) atoms. The number of carbonyl (C=O) groups is 2. The summed E-state index contributed by atoms with van der Waals surface area (Å²) in [5.41, 5.74) is 6.80. The molecule has 3 aliphatic rings. The third kappa shape index (κ3) is 3.07. The van der Waals surface area contributed by atoms with E-state index in [2.05, 4.69) is 9.88 Å². The zero-order chi connectivity index (χ0) is 20.2. The third-order valence-corrected chi connectivity index (χ3v) is 7.23. The third-order valence-electron chi connectivity index (χ3n) is 5.78. The molecule has 0 aliphatic carbocycles. The summed E-state index contributed by atoms with van der Waals surface area (Å²) in [7, 11) is 0. The Hall–Kier alpha value is -2.10. The summed E-state index contributed by atoms with van der Waals surface area (Å²) in [6.45, 7) is 6.01. The van der Waals surface area contributed by atoms with Crippen molar-refractivity contribution in [1.82, 2.24) is 14.8 Å². The van der Waals surface area contributed by atoms with Crippen LogP contribution in [0, 0.1) is 11.8 Å². The number of anilines is 1. The number of aliphatic carboxylic acids is 1. The zero-order valence-corrected chi connectivity index (χ0v) is 16.6. The normalized spacial score (nSPS) is 28.8. The highest BCUT2D eigenvalue weighted by atomic mass is 32.2. The number of aliphatic hydroxyl groups is 1. The van der Waals surface area contributed by atoms with Crippen molar-refractivity contribution in [2.24, 2.45) is 11.8 Å². The largest absolute Gasteiger partial charge is 0.477 e. The summed E-state index contributed by atoms with van der Waals surface area (Å²) < 4.78 is 0. The van der Waals surface area contributed by atoms with Crippen LogP contribution in [0.1, 0.15) is 19.4 Å². The maximum atomic E-state index is 12.4. The maximum Gasteiger partial charge on any atom is 0.353 e. The lowest BCUT2D eigenvalue weighted by Gasteiger charge is -2.46. The minimum Gasteiger partial charge on any atom is -0.477 e. The van der Waals surface area contributed by atoms with E-state index >= 15 is 0 Å². The van der Waals surface area contributed by atoms with Crippen molar-refractivity contribution in [2.45, 2.75) is 37.8 Å². The lowest BCUT2D eigenvalue weighted by atomic mass is 9.79. The number of carbonyl (C=O) groups excluding carboxylic acids is 1. The second kappa shape index (κ2) is 7.06. The summed E-state index contributed by atoms with van der Waals surface area (Å²) in [6.07, 6.45) is 0.996. The number of β-lactam (4-membered cyclic amide) rings is 1. The molecule has 1 amide bonds. The average molecular weight is 404 g/mol. The first-order valence-electron chi connectivity index (χ1n) is 9.36. The zero-order valence-electron chi connectivity index (χ0n) is 15.8. The number of rotatable bonds is 6. The lowest BCUT2D eigenvalue weighted by Crippen LogP contribution is -2.63. The molecule has 0 spiro atoms. The number of aromatic nitrogens is 1. The standard InChI is InChI=1S/C19H24N4O4S/c1-9-15-14(10(2)24)18(25)23(15)16(19(26)27)17(9)28-12-7-22(8-12)6-11-3-4-13(20)21-5-11/h3-5,9-10,12,14-15,24H,6-8H2,1-2H3,(H2,20,21)(H,26,27)/t9-,10-,14-,15-/m1/s1. The van der Waals surface area contributed by atoms with Crippen LogP contribution in [0.4, 0.5) is 5.82 Å². The Morgan fingerprint density at radius 2 is 2.14 bits per heavy atom. The number of thioether (sulfide) groups is 1. The highest BCUT2D eigenvalue weighted by Crippen LogP contribution is 2.51. The van der Waals surface area contributed by atoms with Gasteiger partial charge in [-0.05, 0) is 18.6 Å². The van der Waals surface area contributed by atoms with E-state index in [0.29, 0.717) is 5.82 Å². The first-order valence-corrected chi connectivity index (χ1v) is 10.2. The molecule has 4 rings (SSSR count). The van der Waals surface area contributed by atoms with Crippen molar-refractivity contribution >= 4 is 29.5 Å². The number of nitrogen functional groups attached to an aromatic ring is 1. The molecule has 0 bridgehead atoms. The first-order chi connectivity index (χ1) is 13.3. The van der Waals surface area contributed by atoms with Crippen LogP contribution >= 0.6 is 11.8 Å². The second-order valence-corrected chi connectivity index (χ2v) is 9.14. The van der Waals surface area contributed by atoms with E-state index in [-0.39, 0.29) is 28.8 Å². The number of hydrogen-bond acceptors (Lipinski definition) is 7. The highest BCUT2D eigenvalue weighted by molar-refractivity contribution is 8.03. The van der Waals surface area contributed by atoms with Crippen molar-refractivity contribution in [3.05, 3.63) is 34.5 Å². The Balaban J connectivity index is 1.41. The number of carboxylic acids is 1. The quantitative estimate of drug-likeness (QED) is 0.594. The van der Waals surface area contributed by atoms with Crippen LogP contribution in [0.2, 0.25) is 0 Å². The van der Waals surface area contributed by atoms with E-state index in [0.717, 1.165) is 30.1 Å². The fraction of sp³-hybridized carbons (Fsp3) is 0.526. The Bertz CT molecular complexity index is 835. The molecule has 4 atom stereocenters. The van der Waals surface area contributed by atoms with Crippen molar-refractivity contribution in [3.63, 3.8) is 0 Å². The smallest absolute Gasteiger partial charge is 0.353 e. The van der Waals surface area contributed by atoms with E-state index in [1.54, 1.807) is 30.9 Å². The van der Waals surface area contributed by atoms with Crippen LogP contribution in [0.5, 0.6) is 0 Å². The van der Waals surface area contributed by atoms with Gasteiger partial charge in [0.05, 0.1) is 18.1 Å². The SMILES string of the molecule is C[C@@H](O)[C@H]1C(=O)N2C(C(=O)O)=C(SC3CN(Cc4ccc(N)nc4)C3)[C@H](C)[C@H]12. The number of fused-ring (bicyclic) bond motifs is 1. The van der Waals surface area contributed by atoms with Gasteiger partial charge in [-0.1, -0.05) is 13.0 Å². The molecule has 0 saturated carbocycles. The Morgan fingerprint density at radius 3 is 2.71 bits per heavy atom. The number of nitrogens with zero attached hydrogens (tertiary/aromatic N) is 3. The summed E-state index contributed by atoms with van der Waals surface area (Å²) in [5, 5.41) is 19.9. The first kappa shape index (κ1) is 19.2. The maximum absolute atomic E-state index is 12.4. The molecule has 3 aliphatic heterocycles. The number of aliphatic hydroxyl groups excluding tert-OH is 1. The molecule has 150 valence electrons. The predicted octanol–water partition coefficient (Wildman–Crippen LogP) is 0.735. The van der Waals surface area contributed by atoms with Gasteiger partial charge in [0.25, 0.3) is 0 Å². The summed E-state index contributed by atoms with van der Waals surface area (Å²) >= 11 is 1.56. The Kier molecular flexibility index (Phi) is 4.84. The number of nitrogens with two attached hydrogens (primary N) is 1. The van der Waals surface area contributed by atoms with Gasteiger partial charge in [-0.2, -0.15) is 0 Å². The number of pyridine rings is 1. The van der Waals surface area contributed by atoms with Gasteiger partial charge in [0.1, 0.15) is 11.5 Å². The Morgan fingerprint density at radius 1 is 1.43 bits per heavy atom. The summed E-state index contributed by atoms with van der Waals surface area (Å²) in [6, 6.07) is 3.49. The number of hydrogen-bond donors (Lipinski definition) is 3. The minimum absolute atomic E-state index is 0.0799. The van der Waals surface area contributed by atoms with Gasteiger partial charge in [-0.15, -0.1) is 11.8 Å². The van der Waals surface area contributed by atoms with E-state index in [1.165, 1.54) is 4.90 Å². The fourth-order valence-corrected chi connectivity index (χ4v) is 5.95. The van der Waals surface area contributed by atoms with Crippen LogP contribution < -0.4 is 5.73 Å². The van der Waals surface area contributed by atoms with Crippen LogP contribution in [0.25, 0.3) is 0 Å². The van der Waals surface area contributed by atoms with Crippen LogP contribution in [-0.4, -0.2) is 67.4 Å². The topological polar surface area (TPSA) is 120 Å². The molecule has 4 N–H and O–H groups in total. The molecule has 2 saturated heterocycles. The van der Waals surface area contributed by atoms with Crippen LogP contribution in [0.3, 0.4) is 0 Å². The van der Waals surface area contributed by atoms with Crippen molar-refractivity contribution < 1.29 is 19.8 Å². The molecular weight excluding hydrogens is 380 g/mol. The van der Waals surface area contributed by atoms with Crippen molar-refractivity contribution in [1.29, 1.82) is 0 Å². The Labute approximate surface area is 167 Å². The van der Waals surface area contributed by atoms with Crippen LogP contribution in [-0.2, 0) is 16.1 Å². The average Bonchev–Trinajstić information content (AvgIpc) is 2.83. The molecule has 0 unspecified atom stereocenters. The molecule has 9 heteroatoms. The molecule has 0 radical (unpaired) electrons. The molecular formula is C19H24N4O4S. The van der Waals surface area contributed by atoms with Gasteiger partial charge >= 0.3 is 5.97 Å². The number of amides is 1. The molecule has 4 heterocycles. The van der Waals surface area contributed by atoms with E-state index in [4.69, 9.17) is 5.73 Å². The molecule has 0 aromatic carbocycles. The monoisotopic (exact) mass is 404 g/mol. The van der Waals surface area contributed by atoms with Crippen LogP contribution in [0.15, 0.2) is 28.9 Å². The van der Waals surface area contributed by atoms with Gasteiger partial charge < -0.3 is 20.8 Å². The second-order valence-electron chi connectivity index (χ2n) is 7.80. The van der Waals surface area contributed by atoms with Gasteiger partial charge in [-0.3, -0.25) is 9.69 Å². The predicted molar refractivity (Wildman–Crippen MR) is 105 cm³/mol.